The van der Waals surface area contributed by atoms with Crippen LogP contribution in [-0.4, -0.2) is 42.7 Å². The number of unbranched alkanes of at least 4 members (excludes halogenated alkanes) is 1. The molecule has 200 valence electrons. The molecule has 1 aliphatic rings. The minimum Gasteiger partial charge on any atom is -0.395 e. The number of anilines is 2. The number of nitrogens with one attached hydrogen (secondary N) is 1. The van der Waals surface area contributed by atoms with Gasteiger partial charge in [0.2, 0.25) is 0 Å². The first kappa shape index (κ1) is 28.6. The Morgan fingerprint density at radius 3 is 2.84 bits per heavy atom. The third-order valence-corrected chi connectivity index (χ3v) is 6.61. The van der Waals surface area contributed by atoms with Gasteiger partial charge < -0.3 is 26.2 Å². The number of carbonyl (C=O) groups excluding carboxylic acids is 1. The summed E-state index contributed by atoms with van der Waals surface area (Å²) in [7, 11) is 1.41. The molecule has 0 amide bonds. The number of pyridine rings is 1. The third-order valence-electron chi connectivity index (χ3n) is 6.23. The van der Waals surface area contributed by atoms with Crippen LogP contribution in [0.3, 0.4) is 0 Å². The summed E-state index contributed by atoms with van der Waals surface area (Å²) in [5.74, 6) is 0.638. The van der Waals surface area contributed by atoms with Crippen LogP contribution in [0.5, 0.6) is 0 Å². The number of carbonyl (C=O) groups is 1. The van der Waals surface area contributed by atoms with Crippen molar-refractivity contribution < 1.29 is 13.8 Å². The number of nitrogen functional groups attached to an aromatic ring is 2. The van der Waals surface area contributed by atoms with Crippen molar-refractivity contribution in [2.75, 3.05) is 38.2 Å². The summed E-state index contributed by atoms with van der Waals surface area (Å²) >= 11 is 0.636. The van der Waals surface area contributed by atoms with Gasteiger partial charge >= 0.3 is 5.30 Å². The summed E-state index contributed by atoms with van der Waals surface area (Å²) < 4.78 is 4.65. The van der Waals surface area contributed by atoms with Gasteiger partial charge in [-0.25, -0.2) is 9.78 Å². The van der Waals surface area contributed by atoms with Gasteiger partial charge in [0, 0.05) is 36.3 Å². The molecule has 3 rings (SSSR count). The average molecular weight is 527 g/mol. The molecule has 1 aromatic carbocycles. The second-order valence-corrected chi connectivity index (χ2v) is 9.79. The number of nitrogens with two attached hydrogens (primary N) is 3. The highest BCUT2D eigenvalue weighted by Crippen LogP contribution is 2.32. The topological polar surface area (TPSA) is 151 Å². The predicted octanol–water partition coefficient (Wildman–Crippen LogP) is 4.71. The van der Waals surface area contributed by atoms with Crippen molar-refractivity contribution in [3.8, 4) is 0 Å². The number of rotatable bonds is 13. The number of nitrogens with zero attached hydrogens (tertiary/aromatic N) is 2. The number of allylic oxidation sites excluding steroid dienone is 2. The zero-order chi connectivity index (χ0) is 26.6. The minimum atomic E-state index is -0.533. The maximum absolute atomic E-state index is 11.3. The fourth-order valence-corrected chi connectivity index (χ4v) is 4.48. The summed E-state index contributed by atoms with van der Waals surface area (Å²) in [5, 5.41) is 0.418. The molecule has 0 saturated heterocycles. The second-order valence-electron chi connectivity index (χ2n) is 8.96. The summed E-state index contributed by atoms with van der Waals surface area (Å²) in [4.78, 5) is 25.8. The number of hydroxylamine groups is 1. The molecule has 37 heavy (non-hydrogen) atoms. The fraction of sp³-hybridized carbons (Fsp3) is 0.444. The molecule has 0 radical (unpaired) electrons. The monoisotopic (exact) mass is 526 g/mol. The molecule has 0 fully saturated rings. The summed E-state index contributed by atoms with van der Waals surface area (Å²) in [6, 6.07) is 6.18. The molecule has 0 saturated carbocycles. The normalized spacial score (nSPS) is 15.7. The van der Waals surface area contributed by atoms with Gasteiger partial charge in [0.25, 0.3) is 0 Å². The molecule has 1 heterocycles. The Morgan fingerprint density at radius 1 is 1.30 bits per heavy atom. The molecule has 1 atom stereocenters. The van der Waals surface area contributed by atoms with E-state index >= 15 is 0 Å². The SMILES string of the molecule is CCCCN=C(CC1C=CC(CN)=CC1)c1c(N)c(N)nc2cc(CCCNOC(=O)SOC)ccc12. The summed E-state index contributed by atoms with van der Waals surface area (Å²) in [6.45, 7) is 3.97. The van der Waals surface area contributed by atoms with Crippen molar-refractivity contribution in [2.24, 2.45) is 16.6 Å². The van der Waals surface area contributed by atoms with Crippen LogP contribution in [-0.2, 0) is 15.4 Å². The molecule has 1 aromatic heterocycles. The Kier molecular flexibility index (Phi) is 11.4. The first-order valence-corrected chi connectivity index (χ1v) is 13.4. The van der Waals surface area contributed by atoms with E-state index < -0.39 is 5.30 Å². The first-order chi connectivity index (χ1) is 18.0. The van der Waals surface area contributed by atoms with Crippen LogP contribution >= 0.6 is 12.0 Å². The van der Waals surface area contributed by atoms with E-state index in [4.69, 9.17) is 27.0 Å². The third kappa shape index (κ3) is 8.29. The molecule has 2 aromatic rings. The van der Waals surface area contributed by atoms with Gasteiger partial charge in [-0.15, -0.1) is 0 Å². The number of aryl methyl sites for hydroxylation is 1. The molecule has 0 bridgehead atoms. The van der Waals surface area contributed by atoms with E-state index in [1.807, 2.05) is 6.07 Å². The lowest BCUT2D eigenvalue weighted by Gasteiger charge is -2.20. The molecule has 7 N–H and O–H groups in total. The number of hydrogen-bond donors (Lipinski definition) is 4. The van der Waals surface area contributed by atoms with Crippen molar-refractivity contribution in [2.45, 2.75) is 45.4 Å². The van der Waals surface area contributed by atoms with E-state index in [2.05, 4.69) is 51.9 Å². The minimum absolute atomic E-state index is 0.316. The van der Waals surface area contributed by atoms with Gasteiger partial charge in [0.15, 0.2) is 0 Å². The number of aliphatic imine (C=N–C) groups is 1. The molecule has 9 nitrogen and oxygen atoms in total. The summed E-state index contributed by atoms with van der Waals surface area (Å²) in [5.41, 5.74) is 26.7. The Morgan fingerprint density at radius 2 is 2.14 bits per heavy atom. The van der Waals surface area contributed by atoms with Crippen LogP contribution in [0.1, 0.15) is 50.2 Å². The van der Waals surface area contributed by atoms with E-state index in [1.165, 1.54) is 7.11 Å². The molecule has 1 aliphatic carbocycles. The van der Waals surface area contributed by atoms with E-state index in [0.717, 1.165) is 78.4 Å². The highest BCUT2D eigenvalue weighted by atomic mass is 32.2. The zero-order valence-electron chi connectivity index (χ0n) is 21.7. The largest absolute Gasteiger partial charge is 0.413 e. The lowest BCUT2D eigenvalue weighted by molar-refractivity contribution is 0.113. The Labute approximate surface area is 223 Å². The lowest BCUT2D eigenvalue weighted by atomic mass is 9.88. The molecule has 1 unspecified atom stereocenters. The fourth-order valence-electron chi connectivity index (χ4n) is 4.25. The van der Waals surface area contributed by atoms with E-state index in [-0.39, 0.29) is 0 Å². The first-order valence-electron chi connectivity index (χ1n) is 12.7. The van der Waals surface area contributed by atoms with Crippen molar-refractivity contribution in [3.05, 3.63) is 53.1 Å². The van der Waals surface area contributed by atoms with Crippen LogP contribution in [0.15, 0.2) is 47.0 Å². The van der Waals surface area contributed by atoms with Crippen LogP contribution in [0, 0.1) is 5.92 Å². The van der Waals surface area contributed by atoms with Crippen molar-refractivity contribution in [1.82, 2.24) is 10.5 Å². The van der Waals surface area contributed by atoms with Crippen LogP contribution < -0.4 is 22.7 Å². The Balaban J connectivity index is 1.81. The molecular weight excluding hydrogens is 488 g/mol. The maximum Gasteiger partial charge on any atom is 0.413 e. The molecule has 10 heteroatoms. The van der Waals surface area contributed by atoms with Gasteiger partial charge in [-0.2, -0.15) is 5.48 Å². The van der Waals surface area contributed by atoms with Gasteiger partial charge in [-0.3, -0.25) is 4.99 Å². The van der Waals surface area contributed by atoms with E-state index in [1.54, 1.807) is 0 Å². The van der Waals surface area contributed by atoms with Crippen molar-refractivity contribution >= 4 is 45.5 Å². The van der Waals surface area contributed by atoms with Crippen molar-refractivity contribution in [3.63, 3.8) is 0 Å². The van der Waals surface area contributed by atoms with Gasteiger partial charge in [0.1, 0.15) is 17.9 Å². The lowest BCUT2D eigenvalue weighted by Crippen LogP contribution is -2.19. The molecule has 0 aliphatic heterocycles. The second kappa shape index (κ2) is 14.7. The van der Waals surface area contributed by atoms with Gasteiger partial charge in [-0.1, -0.05) is 43.7 Å². The molecule has 0 spiro atoms. The Bertz CT molecular complexity index is 1160. The highest BCUT2D eigenvalue weighted by Gasteiger charge is 2.20. The van der Waals surface area contributed by atoms with E-state index in [9.17, 15) is 4.79 Å². The molecular formula is C27H38N6O3S. The smallest absolute Gasteiger partial charge is 0.395 e. The number of aromatic nitrogens is 1. The average Bonchev–Trinajstić information content (AvgIpc) is 2.89. The Hall–Kier alpha value is -2.92. The quantitative estimate of drug-likeness (QED) is 0.126. The standard InChI is InChI=1S/C27H38N6O3S/c1-3-4-13-31-23(16-19-7-9-20(17-28)10-8-19)24-21-12-11-18(15-22(21)33-26(30)25(24)29)6-5-14-32-36-27(34)37-35-2/h7,9-12,15,19,32H,3-6,8,13-14,16-17,28-29H2,1-2H3,(H2,30,33). The van der Waals surface area contributed by atoms with Crippen molar-refractivity contribution in [1.29, 1.82) is 0 Å². The van der Waals surface area contributed by atoms with Crippen LogP contribution in [0.25, 0.3) is 10.9 Å². The number of hydrogen-bond acceptors (Lipinski definition) is 10. The van der Waals surface area contributed by atoms with Crippen LogP contribution in [0.2, 0.25) is 0 Å². The highest BCUT2D eigenvalue weighted by molar-refractivity contribution is 8.09. The van der Waals surface area contributed by atoms with Gasteiger partial charge in [0.05, 0.1) is 18.3 Å². The zero-order valence-corrected chi connectivity index (χ0v) is 22.5. The number of fused-ring (bicyclic) bond motifs is 1. The number of benzene rings is 1. The summed E-state index contributed by atoms with van der Waals surface area (Å²) in [6.07, 6.45) is 11.9. The predicted molar refractivity (Wildman–Crippen MR) is 153 cm³/mol. The maximum atomic E-state index is 11.3. The van der Waals surface area contributed by atoms with Gasteiger partial charge in [-0.05, 0) is 55.2 Å². The van der Waals surface area contributed by atoms with E-state index in [0.29, 0.717) is 42.6 Å². The van der Waals surface area contributed by atoms with Crippen LogP contribution in [0.4, 0.5) is 16.3 Å².